The van der Waals surface area contributed by atoms with Crippen molar-refractivity contribution in [2.45, 2.75) is 51.4 Å². The molecule has 0 bridgehead atoms. The summed E-state index contributed by atoms with van der Waals surface area (Å²) in [7, 11) is 0. The molecule has 1 aromatic heterocycles. The lowest BCUT2D eigenvalue weighted by atomic mass is 10.2. The summed E-state index contributed by atoms with van der Waals surface area (Å²) in [5, 5.41) is 3.50. The maximum Gasteiger partial charge on any atom is 0.122 e. The van der Waals surface area contributed by atoms with E-state index in [0.29, 0.717) is 12.1 Å². The molecule has 0 aliphatic carbocycles. The van der Waals surface area contributed by atoms with Gasteiger partial charge in [-0.25, -0.2) is 4.98 Å². The van der Waals surface area contributed by atoms with Crippen molar-refractivity contribution in [2.24, 2.45) is 0 Å². The van der Waals surface area contributed by atoms with Crippen molar-refractivity contribution >= 4 is 0 Å². The number of aryl methyl sites for hydroxylation is 1. The molecule has 2 aliphatic rings. The van der Waals surface area contributed by atoms with Gasteiger partial charge in [-0.05, 0) is 25.8 Å². The van der Waals surface area contributed by atoms with Crippen LogP contribution in [0.15, 0.2) is 12.4 Å². The highest BCUT2D eigenvalue weighted by Crippen LogP contribution is 2.22. The predicted molar refractivity (Wildman–Crippen MR) is 78.6 cm³/mol. The molecule has 2 atom stereocenters. The summed E-state index contributed by atoms with van der Waals surface area (Å²) >= 11 is 0. The zero-order valence-corrected chi connectivity index (χ0v) is 12.4. The Morgan fingerprint density at radius 1 is 1.50 bits per heavy atom. The van der Waals surface area contributed by atoms with Gasteiger partial charge in [-0.3, -0.25) is 4.90 Å². The molecule has 2 aliphatic heterocycles. The van der Waals surface area contributed by atoms with Gasteiger partial charge in [0.05, 0.1) is 19.3 Å². The van der Waals surface area contributed by atoms with Crippen LogP contribution in [0, 0.1) is 0 Å². The Morgan fingerprint density at radius 2 is 2.45 bits per heavy atom. The Morgan fingerprint density at radius 3 is 3.35 bits per heavy atom. The highest BCUT2D eigenvalue weighted by molar-refractivity contribution is 4.92. The Kier molecular flexibility index (Phi) is 4.70. The molecule has 0 spiro atoms. The summed E-state index contributed by atoms with van der Waals surface area (Å²) < 4.78 is 8.19. The van der Waals surface area contributed by atoms with Crippen LogP contribution in [0.3, 0.4) is 0 Å². The maximum atomic E-state index is 5.96. The van der Waals surface area contributed by atoms with Crippen molar-refractivity contribution in [3.8, 4) is 0 Å². The number of nitrogens with zero attached hydrogens (tertiary/aromatic N) is 3. The van der Waals surface area contributed by atoms with Crippen molar-refractivity contribution in [2.75, 3.05) is 26.2 Å². The molecule has 0 amide bonds. The molecule has 5 heteroatoms. The molecule has 0 aromatic carbocycles. The summed E-state index contributed by atoms with van der Waals surface area (Å²) in [6.07, 6.45) is 8.08. The molecule has 112 valence electrons. The average Bonchev–Trinajstić information content (AvgIpc) is 3.08. The van der Waals surface area contributed by atoms with Crippen molar-refractivity contribution in [3.05, 3.63) is 18.2 Å². The zero-order valence-electron chi connectivity index (χ0n) is 12.4. The Labute approximate surface area is 121 Å². The van der Waals surface area contributed by atoms with Crippen LogP contribution in [0.25, 0.3) is 0 Å². The van der Waals surface area contributed by atoms with E-state index in [0.717, 1.165) is 45.0 Å². The number of hydrogen-bond acceptors (Lipinski definition) is 4. The molecule has 2 saturated heterocycles. The molecule has 2 fully saturated rings. The number of morpholine rings is 1. The number of hydrogen-bond donors (Lipinski definition) is 1. The Bertz CT molecular complexity index is 420. The second-order valence-electron chi connectivity index (χ2n) is 5.91. The van der Waals surface area contributed by atoms with Crippen LogP contribution in [0.1, 0.15) is 32.0 Å². The molecule has 3 heterocycles. The van der Waals surface area contributed by atoms with Crippen LogP contribution < -0.4 is 5.32 Å². The summed E-state index contributed by atoms with van der Waals surface area (Å²) in [6.45, 7) is 8.24. The zero-order chi connectivity index (χ0) is 13.8. The Hall–Kier alpha value is -0.910. The van der Waals surface area contributed by atoms with Crippen molar-refractivity contribution < 1.29 is 4.74 Å². The molecule has 2 unspecified atom stereocenters. The first-order chi connectivity index (χ1) is 9.86. The molecule has 1 aromatic rings. The first-order valence-electron chi connectivity index (χ1n) is 7.93. The molecule has 3 rings (SSSR count). The smallest absolute Gasteiger partial charge is 0.122 e. The highest BCUT2D eigenvalue weighted by atomic mass is 16.5. The monoisotopic (exact) mass is 278 g/mol. The van der Waals surface area contributed by atoms with Gasteiger partial charge >= 0.3 is 0 Å². The van der Waals surface area contributed by atoms with Gasteiger partial charge in [-0.15, -0.1) is 0 Å². The van der Waals surface area contributed by atoms with E-state index in [4.69, 9.17) is 4.74 Å². The minimum Gasteiger partial charge on any atom is -0.374 e. The first-order valence-corrected chi connectivity index (χ1v) is 7.93. The van der Waals surface area contributed by atoms with E-state index in [1.807, 2.05) is 6.20 Å². The molecular weight excluding hydrogens is 252 g/mol. The predicted octanol–water partition coefficient (Wildman–Crippen LogP) is 1.25. The second kappa shape index (κ2) is 6.70. The van der Waals surface area contributed by atoms with Crippen LogP contribution in [0.2, 0.25) is 0 Å². The SMILES string of the molecule is CCCn1ccnc1CNCC1CN2CCCC2CO1. The van der Waals surface area contributed by atoms with Crippen molar-refractivity contribution in [3.63, 3.8) is 0 Å². The largest absolute Gasteiger partial charge is 0.374 e. The third kappa shape index (κ3) is 3.22. The first kappa shape index (κ1) is 14.0. The van der Waals surface area contributed by atoms with Crippen LogP contribution in [0.5, 0.6) is 0 Å². The number of imidazole rings is 1. The van der Waals surface area contributed by atoms with E-state index >= 15 is 0 Å². The fourth-order valence-corrected chi connectivity index (χ4v) is 3.31. The number of aromatic nitrogens is 2. The number of fused-ring (bicyclic) bond motifs is 1. The molecule has 0 saturated carbocycles. The quantitative estimate of drug-likeness (QED) is 0.850. The van der Waals surface area contributed by atoms with E-state index in [-0.39, 0.29) is 0 Å². The van der Waals surface area contributed by atoms with E-state index in [2.05, 4.69) is 32.9 Å². The molecule has 1 N–H and O–H groups in total. The summed E-state index contributed by atoms with van der Waals surface area (Å²) in [5.74, 6) is 1.13. The number of ether oxygens (including phenoxy) is 1. The highest BCUT2D eigenvalue weighted by Gasteiger charge is 2.31. The van der Waals surface area contributed by atoms with Gasteiger partial charge in [0, 0.05) is 38.1 Å². The van der Waals surface area contributed by atoms with Gasteiger partial charge in [-0.2, -0.15) is 0 Å². The number of rotatable bonds is 6. The summed E-state index contributed by atoms with van der Waals surface area (Å²) in [6, 6.07) is 0.690. The standard InChI is InChI=1S/C15H26N4O/c1-2-6-18-8-5-17-15(18)10-16-9-14-11-19-7-3-4-13(19)12-20-14/h5,8,13-14,16H,2-4,6-7,9-12H2,1H3. The molecule has 5 nitrogen and oxygen atoms in total. The lowest BCUT2D eigenvalue weighted by Crippen LogP contribution is -2.49. The van der Waals surface area contributed by atoms with Crippen LogP contribution in [-0.4, -0.2) is 52.8 Å². The van der Waals surface area contributed by atoms with E-state index in [1.165, 1.54) is 19.4 Å². The van der Waals surface area contributed by atoms with Gasteiger partial charge in [0.2, 0.25) is 0 Å². The fraction of sp³-hybridized carbons (Fsp3) is 0.800. The molecule has 0 radical (unpaired) electrons. The normalized spacial score (nSPS) is 26.9. The third-order valence-electron chi connectivity index (χ3n) is 4.38. The summed E-state index contributed by atoms with van der Waals surface area (Å²) in [4.78, 5) is 7.01. The van der Waals surface area contributed by atoms with Crippen LogP contribution >= 0.6 is 0 Å². The van der Waals surface area contributed by atoms with Gasteiger partial charge < -0.3 is 14.6 Å². The van der Waals surface area contributed by atoms with E-state index in [9.17, 15) is 0 Å². The summed E-state index contributed by atoms with van der Waals surface area (Å²) in [5.41, 5.74) is 0. The molecule has 20 heavy (non-hydrogen) atoms. The van der Waals surface area contributed by atoms with Crippen LogP contribution in [-0.2, 0) is 17.8 Å². The molecular formula is C15H26N4O. The lowest BCUT2D eigenvalue weighted by molar-refractivity contribution is -0.0471. The third-order valence-corrected chi connectivity index (χ3v) is 4.38. The van der Waals surface area contributed by atoms with Gasteiger partial charge in [0.25, 0.3) is 0 Å². The maximum absolute atomic E-state index is 5.96. The average molecular weight is 278 g/mol. The minimum atomic E-state index is 0.332. The van der Waals surface area contributed by atoms with Crippen LogP contribution in [0.4, 0.5) is 0 Å². The lowest BCUT2D eigenvalue weighted by Gasteiger charge is -2.35. The minimum absolute atomic E-state index is 0.332. The van der Waals surface area contributed by atoms with E-state index in [1.54, 1.807) is 0 Å². The Balaban J connectivity index is 1.42. The fourth-order valence-electron chi connectivity index (χ4n) is 3.31. The van der Waals surface area contributed by atoms with Crippen molar-refractivity contribution in [1.82, 2.24) is 19.8 Å². The van der Waals surface area contributed by atoms with Gasteiger partial charge in [-0.1, -0.05) is 6.92 Å². The topological polar surface area (TPSA) is 42.3 Å². The van der Waals surface area contributed by atoms with Gasteiger partial charge in [0.1, 0.15) is 5.82 Å². The van der Waals surface area contributed by atoms with Crippen molar-refractivity contribution in [1.29, 1.82) is 0 Å². The van der Waals surface area contributed by atoms with E-state index < -0.39 is 0 Å². The number of nitrogens with one attached hydrogen (secondary N) is 1. The van der Waals surface area contributed by atoms with Gasteiger partial charge in [0.15, 0.2) is 0 Å². The second-order valence-corrected chi connectivity index (χ2v) is 5.91.